The Morgan fingerprint density at radius 2 is 0.565 bits per heavy atom. The summed E-state index contributed by atoms with van der Waals surface area (Å²) >= 11 is 0. The van der Waals surface area contributed by atoms with Crippen molar-refractivity contribution >= 4 is 0 Å². The molecule has 0 heterocycles. The molecular formula is C58H86N4O6U-6. The largest absolute Gasteiger partial charge is 2.00 e. The van der Waals surface area contributed by atoms with Crippen LogP contribution in [0.4, 0.5) is 0 Å². The fourth-order valence-corrected chi connectivity index (χ4v) is 7.91. The molecule has 4 aromatic rings. The van der Waals surface area contributed by atoms with Gasteiger partial charge < -0.3 is 41.2 Å². The van der Waals surface area contributed by atoms with E-state index in [0.29, 0.717) is 26.2 Å². The molecule has 0 aromatic heterocycles. The third kappa shape index (κ3) is 21.9. The normalized spacial score (nSPS) is 11.2. The minimum atomic E-state index is -0.00152. The number of nitrogens with one attached hydrogen (secondary N) is 2. The molecule has 2 N–H and O–H groups in total. The minimum absolute atomic E-state index is 0. The average molecular weight is 1170 g/mol. The van der Waals surface area contributed by atoms with Crippen LogP contribution in [-0.4, -0.2) is 13.1 Å². The Hall–Kier alpha value is -4.05. The summed E-state index contributed by atoms with van der Waals surface area (Å²) in [6.45, 7) is 45.4. The third-order valence-corrected chi connectivity index (χ3v) is 11.8. The van der Waals surface area contributed by atoms with Crippen LogP contribution >= 0.6 is 0 Å². The Balaban J connectivity index is -0.00000109. The van der Waals surface area contributed by atoms with Crippen LogP contribution in [0.3, 0.4) is 0 Å². The molecule has 11 heteroatoms. The van der Waals surface area contributed by atoms with Gasteiger partial charge in [-0.25, -0.2) is 0 Å². The molecule has 0 atom stereocenters. The van der Waals surface area contributed by atoms with Gasteiger partial charge in [0.05, 0.1) is 25.2 Å². The average Bonchev–Trinajstić information content (AvgIpc) is 3.18. The third-order valence-electron chi connectivity index (χ3n) is 11.8. The molecule has 69 heavy (non-hydrogen) atoms. The Morgan fingerprint density at radius 3 is 0.696 bits per heavy atom. The minimum Gasteiger partial charge on any atom is -2.00 e. The van der Waals surface area contributed by atoms with Crippen LogP contribution < -0.4 is 30.2 Å². The molecule has 0 aliphatic rings. The first-order valence-corrected chi connectivity index (χ1v) is 23.8. The summed E-state index contributed by atoms with van der Waals surface area (Å²) in [5.41, 5.74) is 11.5. The Labute approximate surface area is 442 Å². The number of hydrogen-bond donors (Lipinski definition) is 2. The van der Waals surface area contributed by atoms with Gasteiger partial charge in [-0.05, 0) is 107 Å². The van der Waals surface area contributed by atoms with Gasteiger partial charge in [0.25, 0.3) is 0 Å². The number of aryl methyl sites for hydroxylation is 4. The second-order valence-electron chi connectivity index (χ2n) is 22.3. The van der Waals surface area contributed by atoms with E-state index in [1.165, 1.54) is 45.9 Å². The van der Waals surface area contributed by atoms with E-state index in [0.717, 1.165) is 70.4 Å². The van der Waals surface area contributed by atoms with Gasteiger partial charge in [-0.1, -0.05) is 191 Å². The zero-order chi connectivity index (χ0) is 51.1. The zero-order valence-corrected chi connectivity index (χ0v) is 50.3. The van der Waals surface area contributed by atoms with E-state index in [4.69, 9.17) is 10.5 Å². The molecule has 0 saturated heterocycles. The molecule has 0 bridgehead atoms. The second-order valence-corrected chi connectivity index (χ2v) is 22.3. The summed E-state index contributed by atoms with van der Waals surface area (Å²) in [4.78, 5) is 2.53. The van der Waals surface area contributed by atoms with Crippen molar-refractivity contribution in [1.29, 1.82) is 10.5 Å². The summed E-state index contributed by atoms with van der Waals surface area (Å²) in [6, 6.07) is 19.9. The molecule has 0 radical (unpaired) electrons. The van der Waals surface area contributed by atoms with Gasteiger partial charge in [0.1, 0.15) is 26.2 Å². The molecule has 0 unspecified atom stereocenters. The van der Waals surface area contributed by atoms with Gasteiger partial charge in [0.15, 0.2) is 0 Å². The Morgan fingerprint density at radius 1 is 0.406 bits per heavy atom. The Kier molecular flexibility index (Phi) is 30.1. The maximum absolute atomic E-state index is 12.9. The van der Waals surface area contributed by atoms with E-state index < -0.39 is 0 Å². The van der Waals surface area contributed by atoms with Gasteiger partial charge in [-0.2, -0.15) is 10.5 Å². The summed E-state index contributed by atoms with van der Waals surface area (Å²) < 4.78 is 0. The van der Waals surface area contributed by atoms with Crippen molar-refractivity contribution in [3.05, 3.63) is 115 Å². The maximum atomic E-state index is 12.9. The van der Waals surface area contributed by atoms with Crippen LogP contribution in [-0.2, 0) is 58.8 Å². The molecule has 0 amide bonds. The summed E-state index contributed by atoms with van der Waals surface area (Å²) in [5.74, 6) is 0.550. The first kappa shape index (κ1) is 69.2. The number of nitriles is 2. The topological polar surface area (TPSA) is 206 Å². The number of quaternary nitrogens is 2. The molecule has 10 nitrogen and oxygen atoms in total. The Bertz CT molecular complexity index is 1980. The zero-order valence-electron chi connectivity index (χ0n) is 46.1. The molecule has 4 aromatic carbocycles. The van der Waals surface area contributed by atoms with Gasteiger partial charge in [0, 0.05) is 45.0 Å². The fourth-order valence-electron chi connectivity index (χ4n) is 7.91. The monoisotopic (exact) mass is 1170 g/mol. The molecular weight excluding hydrogens is 1090 g/mol. The van der Waals surface area contributed by atoms with Crippen molar-refractivity contribution in [1.82, 2.24) is 0 Å². The first-order chi connectivity index (χ1) is 30.3. The van der Waals surface area contributed by atoms with E-state index >= 15 is 0 Å². The van der Waals surface area contributed by atoms with E-state index in [-0.39, 0.29) is 86.7 Å². The number of hydrogen-bond acceptors (Lipinski definition) is 6. The first-order valence-electron chi connectivity index (χ1n) is 23.8. The van der Waals surface area contributed by atoms with Crippen molar-refractivity contribution in [2.24, 2.45) is 0 Å². The predicted molar refractivity (Wildman–Crippen MR) is 268 cm³/mol. The predicted octanol–water partition coefficient (Wildman–Crippen LogP) is 8.90. The van der Waals surface area contributed by atoms with Gasteiger partial charge in [0.2, 0.25) is 0 Å². The van der Waals surface area contributed by atoms with E-state index in [9.17, 15) is 20.4 Å². The molecule has 0 aliphatic heterocycles. The molecule has 0 saturated carbocycles. The maximum Gasteiger partial charge on any atom is 0.102 e. The number of rotatable bonds is 12. The van der Waals surface area contributed by atoms with E-state index in [1.807, 2.05) is 52.0 Å². The smallest absolute Gasteiger partial charge is 0.102 e. The van der Waals surface area contributed by atoms with Crippen molar-refractivity contribution < 1.29 is 72.3 Å². The van der Waals surface area contributed by atoms with Crippen molar-refractivity contribution in [2.75, 3.05) is 13.1 Å². The van der Waals surface area contributed by atoms with Crippen LogP contribution in [0.1, 0.15) is 190 Å². The summed E-state index contributed by atoms with van der Waals surface area (Å²) in [5, 5.41) is 66.1. The van der Waals surface area contributed by atoms with Crippen molar-refractivity contribution in [2.45, 2.75) is 199 Å². The molecule has 384 valence electrons. The van der Waals surface area contributed by atoms with Crippen LogP contribution in [0.15, 0.2) is 48.5 Å². The van der Waals surface area contributed by atoms with Crippen LogP contribution in [0.5, 0.6) is 23.0 Å². The SMILES string of the molecule is CC#N.CC#N.CCC[NH+](Cc1cc(C(C)(C)C)cc(C)c1[O-])Cc1cc(C(C)(C)C)cc(C)c1[O-].CCC[NH+](Cc1cc(C(C)(C)C)cc(C)c1[O-])Cc1cc(C(C)(C)C)cc(C)c1[O-].[O-2].[O-2].[U]. The summed E-state index contributed by atoms with van der Waals surface area (Å²) in [6.07, 6.45) is 2.02. The van der Waals surface area contributed by atoms with E-state index in [2.05, 4.69) is 121 Å². The summed E-state index contributed by atoms with van der Waals surface area (Å²) in [7, 11) is 0. The van der Waals surface area contributed by atoms with Crippen LogP contribution in [0, 0.1) is 81.5 Å². The van der Waals surface area contributed by atoms with Gasteiger partial charge in [-0.3, -0.25) is 0 Å². The standard InChI is InChI=1S/2C27H41NO2.2C2H3N.2O.U/c2*1-10-11-28(16-20-14-22(26(4,5)6)12-18(2)24(20)29)17-21-15-23(27(7,8)9)13-19(3)25(21)30;2*1-2-3;;;/h2*12-15,29-30H,10-11,16-17H2,1-9H3;2*1H3;;;/q;;;;2*-2;/p-2. The number of benzene rings is 4. The number of nitrogens with zero attached hydrogens (tertiary/aromatic N) is 2. The second kappa shape index (κ2) is 30.0. The quantitative estimate of drug-likeness (QED) is 0.142. The van der Waals surface area contributed by atoms with E-state index in [1.54, 1.807) is 12.1 Å². The van der Waals surface area contributed by atoms with Gasteiger partial charge in [-0.15, -0.1) is 0 Å². The molecule has 0 fully saturated rings. The van der Waals surface area contributed by atoms with Crippen LogP contribution in [0.25, 0.3) is 0 Å². The molecule has 4 rings (SSSR count). The molecule has 0 aliphatic carbocycles. The fraction of sp³-hybridized carbons (Fsp3) is 0.552. The van der Waals surface area contributed by atoms with Crippen LogP contribution in [0.2, 0.25) is 0 Å². The van der Waals surface area contributed by atoms with Crippen molar-refractivity contribution in [3.63, 3.8) is 0 Å². The van der Waals surface area contributed by atoms with Gasteiger partial charge >= 0.3 is 0 Å². The van der Waals surface area contributed by atoms with Crippen molar-refractivity contribution in [3.8, 4) is 35.1 Å². The molecule has 0 spiro atoms.